The van der Waals surface area contributed by atoms with E-state index in [1.54, 1.807) is 18.2 Å². The molecule has 1 amide bonds. The molecule has 0 radical (unpaired) electrons. The third-order valence-corrected chi connectivity index (χ3v) is 3.74. The lowest BCUT2D eigenvalue weighted by Gasteiger charge is -2.10. The maximum absolute atomic E-state index is 12.6. The van der Waals surface area contributed by atoms with Gasteiger partial charge in [-0.2, -0.15) is 5.10 Å². The standard InChI is InChI=1S/C19H18N4O3/c1-13(2)20-19(24)18-12-17(14-6-4-3-5-7-14)21-22(18)15-8-10-16(11-9-15)23(25)26/h3-13H,1-2H3,(H,20,24). The highest BCUT2D eigenvalue weighted by Crippen LogP contribution is 2.23. The Morgan fingerprint density at radius 2 is 1.77 bits per heavy atom. The number of carbonyl (C=O) groups is 1. The summed E-state index contributed by atoms with van der Waals surface area (Å²) >= 11 is 0. The molecule has 132 valence electrons. The van der Waals surface area contributed by atoms with Crippen molar-refractivity contribution < 1.29 is 9.72 Å². The molecule has 0 atom stereocenters. The van der Waals surface area contributed by atoms with Crippen molar-refractivity contribution in [3.05, 3.63) is 76.5 Å². The van der Waals surface area contributed by atoms with Crippen LogP contribution < -0.4 is 5.32 Å². The van der Waals surface area contributed by atoms with E-state index in [1.165, 1.54) is 16.8 Å². The van der Waals surface area contributed by atoms with Crippen molar-refractivity contribution in [1.29, 1.82) is 0 Å². The van der Waals surface area contributed by atoms with Gasteiger partial charge >= 0.3 is 0 Å². The monoisotopic (exact) mass is 350 g/mol. The average molecular weight is 350 g/mol. The number of hydrogen-bond donors (Lipinski definition) is 1. The van der Waals surface area contributed by atoms with Crippen LogP contribution in [0.4, 0.5) is 5.69 Å². The SMILES string of the molecule is CC(C)NC(=O)c1cc(-c2ccccc2)nn1-c1ccc([N+](=O)[O-])cc1. The lowest BCUT2D eigenvalue weighted by Crippen LogP contribution is -2.31. The van der Waals surface area contributed by atoms with Gasteiger partial charge in [-0.3, -0.25) is 14.9 Å². The lowest BCUT2D eigenvalue weighted by atomic mass is 10.1. The minimum atomic E-state index is -0.464. The lowest BCUT2D eigenvalue weighted by molar-refractivity contribution is -0.384. The molecule has 0 spiro atoms. The van der Waals surface area contributed by atoms with Crippen LogP contribution in [-0.4, -0.2) is 26.7 Å². The molecule has 1 N–H and O–H groups in total. The highest BCUT2D eigenvalue weighted by Gasteiger charge is 2.18. The number of carbonyl (C=O) groups excluding carboxylic acids is 1. The topological polar surface area (TPSA) is 90.1 Å². The molecule has 0 fully saturated rings. The fraction of sp³-hybridized carbons (Fsp3) is 0.158. The highest BCUT2D eigenvalue weighted by atomic mass is 16.6. The summed E-state index contributed by atoms with van der Waals surface area (Å²) in [5, 5.41) is 18.2. The summed E-state index contributed by atoms with van der Waals surface area (Å²) in [6.45, 7) is 3.76. The molecular weight excluding hydrogens is 332 g/mol. The molecule has 0 unspecified atom stereocenters. The van der Waals surface area contributed by atoms with E-state index in [-0.39, 0.29) is 17.6 Å². The number of nitrogens with one attached hydrogen (secondary N) is 1. The van der Waals surface area contributed by atoms with E-state index >= 15 is 0 Å². The third-order valence-electron chi connectivity index (χ3n) is 3.74. The Morgan fingerprint density at radius 3 is 2.35 bits per heavy atom. The first-order valence-corrected chi connectivity index (χ1v) is 8.17. The first kappa shape index (κ1) is 17.3. The van der Waals surface area contributed by atoms with Crippen LogP contribution in [0.1, 0.15) is 24.3 Å². The van der Waals surface area contributed by atoms with Gasteiger partial charge in [0.15, 0.2) is 0 Å². The normalized spacial score (nSPS) is 10.7. The van der Waals surface area contributed by atoms with Gasteiger partial charge in [0.25, 0.3) is 11.6 Å². The van der Waals surface area contributed by atoms with Gasteiger partial charge in [-0.1, -0.05) is 30.3 Å². The van der Waals surface area contributed by atoms with E-state index in [4.69, 9.17) is 0 Å². The molecule has 1 aromatic heterocycles. The van der Waals surface area contributed by atoms with Crippen molar-refractivity contribution in [2.75, 3.05) is 0 Å². The molecule has 0 saturated carbocycles. The number of benzene rings is 2. The highest BCUT2D eigenvalue weighted by molar-refractivity contribution is 5.94. The summed E-state index contributed by atoms with van der Waals surface area (Å²) in [4.78, 5) is 23.0. The number of nitro groups is 1. The van der Waals surface area contributed by atoms with Crippen LogP contribution in [-0.2, 0) is 0 Å². The maximum Gasteiger partial charge on any atom is 0.270 e. The average Bonchev–Trinajstić information content (AvgIpc) is 3.07. The number of aromatic nitrogens is 2. The van der Waals surface area contributed by atoms with Crippen LogP contribution in [0.15, 0.2) is 60.7 Å². The quantitative estimate of drug-likeness (QED) is 0.562. The van der Waals surface area contributed by atoms with Crippen LogP contribution in [0, 0.1) is 10.1 Å². The largest absolute Gasteiger partial charge is 0.349 e. The fourth-order valence-electron chi connectivity index (χ4n) is 2.54. The van der Waals surface area contributed by atoms with Gasteiger partial charge in [-0.25, -0.2) is 4.68 Å². The zero-order valence-corrected chi connectivity index (χ0v) is 14.4. The fourth-order valence-corrected chi connectivity index (χ4v) is 2.54. The van der Waals surface area contributed by atoms with E-state index in [2.05, 4.69) is 10.4 Å². The Hall–Kier alpha value is -3.48. The second-order valence-corrected chi connectivity index (χ2v) is 6.09. The molecule has 2 aromatic carbocycles. The molecule has 3 aromatic rings. The second-order valence-electron chi connectivity index (χ2n) is 6.09. The molecule has 7 heteroatoms. The smallest absolute Gasteiger partial charge is 0.270 e. The summed E-state index contributed by atoms with van der Waals surface area (Å²) < 4.78 is 1.50. The predicted octanol–water partition coefficient (Wildman–Crippen LogP) is 3.59. The molecule has 7 nitrogen and oxygen atoms in total. The summed E-state index contributed by atoms with van der Waals surface area (Å²) in [6.07, 6.45) is 0. The zero-order valence-electron chi connectivity index (χ0n) is 14.4. The van der Waals surface area contributed by atoms with Gasteiger partial charge in [-0.05, 0) is 32.0 Å². The van der Waals surface area contributed by atoms with Crippen LogP contribution in [0.25, 0.3) is 16.9 Å². The third kappa shape index (κ3) is 3.61. The summed E-state index contributed by atoms with van der Waals surface area (Å²) in [5.74, 6) is -0.256. The van der Waals surface area contributed by atoms with Crippen molar-refractivity contribution in [3.63, 3.8) is 0 Å². The molecule has 0 aliphatic carbocycles. The molecule has 1 heterocycles. The molecule has 0 saturated heterocycles. The number of non-ortho nitro benzene ring substituents is 1. The molecular formula is C19H18N4O3. The number of hydrogen-bond acceptors (Lipinski definition) is 4. The Kier molecular flexibility index (Phi) is 4.79. The predicted molar refractivity (Wildman–Crippen MR) is 98.3 cm³/mol. The maximum atomic E-state index is 12.6. The first-order chi connectivity index (χ1) is 12.5. The molecule has 0 bridgehead atoms. The summed E-state index contributed by atoms with van der Waals surface area (Å²) in [6, 6.07) is 17.1. The van der Waals surface area contributed by atoms with E-state index in [0.29, 0.717) is 17.1 Å². The van der Waals surface area contributed by atoms with Gasteiger partial charge in [-0.15, -0.1) is 0 Å². The van der Waals surface area contributed by atoms with E-state index in [0.717, 1.165) is 5.56 Å². The Labute approximate surface area is 150 Å². The van der Waals surface area contributed by atoms with Crippen molar-refractivity contribution in [2.24, 2.45) is 0 Å². The number of rotatable bonds is 5. The molecule has 3 rings (SSSR count). The summed E-state index contributed by atoms with van der Waals surface area (Å²) in [5.41, 5.74) is 2.46. The number of amides is 1. The van der Waals surface area contributed by atoms with Crippen molar-refractivity contribution in [2.45, 2.75) is 19.9 Å². The van der Waals surface area contributed by atoms with Gasteiger partial charge in [0.05, 0.1) is 16.3 Å². The Bertz CT molecular complexity index is 931. The Morgan fingerprint density at radius 1 is 1.12 bits per heavy atom. The van der Waals surface area contributed by atoms with Crippen LogP contribution >= 0.6 is 0 Å². The van der Waals surface area contributed by atoms with Crippen molar-refractivity contribution in [3.8, 4) is 16.9 Å². The van der Waals surface area contributed by atoms with E-state index < -0.39 is 4.92 Å². The Balaban J connectivity index is 2.08. The van der Waals surface area contributed by atoms with E-state index in [9.17, 15) is 14.9 Å². The van der Waals surface area contributed by atoms with Gasteiger partial charge in [0, 0.05) is 23.7 Å². The minimum absolute atomic E-state index is 0.0163. The molecule has 26 heavy (non-hydrogen) atoms. The van der Waals surface area contributed by atoms with Crippen LogP contribution in [0.5, 0.6) is 0 Å². The summed E-state index contributed by atoms with van der Waals surface area (Å²) in [7, 11) is 0. The van der Waals surface area contributed by atoms with Gasteiger partial charge in [0.2, 0.25) is 0 Å². The minimum Gasteiger partial charge on any atom is -0.349 e. The van der Waals surface area contributed by atoms with Gasteiger partial charge < -0.3 is 5.32 Å². The van der Waals surface area contributed by atoms with Crippen LogP contribution in [0.2, 0.25) is 0 Å². The van der Waals surface area contributed by atoms with Crippen LogP contribution in [0.3, 0.4) is 0 Å². The number of nitrogens with zero attached hydrogens (tertiary/aromatic N) is 3. The molecule has 0 aliphatic rings. The first-order valence-electron chi connectivity index (χ1n) is 8.17. The molecule has 0 aliphatic heterocycles. The number of nitro benzene ring substituents is 1. The second kappa shape index (κ2) is 7.18. The van der Waals surface area contributed by atoms with Crippen molar-refractivity contribution >= 4 is 11.6 Å². The zero-order chi connectivity index (χ0) is 18.7. The van der Waals surface area contributed by atoms with E-state index in [1.807, 2.05) is 44.2 Å². The van der Waals surface area contributed by atoms with Gasteiger partial charge in [0.1, 0.15) is 5.69 Å². The van der Waals surface area contributed by atoms with Crippen molar-refractivity contribution in [1.82, 2.24) is 15.1 Å².